The molecule has 0 aliphatic heterocycles. The fourth-order valence-electron chi connectivity index (χ4n) is 3.18. The molecule has 2 heterocycles. The van der Waals surface area contributed by atoms with Gasteiger partial charge in [0.2, 0.25) is 5.91 Å². The molecule has 0 atom stereocenters. The van der Waals surface area contributed by atoms with Crippen LogP contribution in [-0.2, 0) is 24.3 Å². The van der Waals surface area contributed by atoms with E-state index >= 15 is 0 Å². The van der Waals surface area contributed by atoms with Crippen molar-refractivity contribution in [2.24, 2.45) is 0 Å². The number of aromatic nitrogens is 2. The second kappa shape index (κ2) is 11.2. The van der Waals surface area contributed by atoms with Crippen LogP contribution in [0.25, 0.3) is 0 Å². The fourth-order valence-corrected chi connectivity index (χ4v) is 3.18. The number of hydrogen-bond acceptors (Lipinski definition) is 6. The molecule has 0 spiro atoms. The van der Waals surface area contributed by atoms with Gasteiger partial charge in [-0.05, 0) is 54.8 Å². The van der Waals surface area contributed by atoms with Crippen molar-refractivity contribution in [2.45, 2.75) is 33.4 Å². The highest BCUT2D eigenvalue weighted by atomic mass is 35.5. The van der Waals surface area contributed by atoms with Crippen LogP contribution < -0.4 is 26.8 Å². The highest BCUT2D eigenvalue weighted by molar-refractivity contribution is 5.85. The smallest absolute Gasteiger partial charge is 0.272 e. The number of methoxy groups -OCH3 is 1. The summed E-state index contributed by atoms with van der Waals surface area (Å²) in [7, 11) is 1.61. The number of nitrogen functional groups attached to an aromatic ring is 1. The molecular formula is C23H28ClN5O3. The van der Waals surface area contributed by atoms with Crippen molar-refractivity contribution in [1.82, 2.24) is 15.0 Å². The van der Waals surface area contributed by atoms with E-state index in [1.807, 2.05) is 50.2 Å². The number of nitrogens with one attached hydrogen (secondary N) is 2. The average Bonchev–Trinajstić information content (AvgIpc) is 2.75. The first-order valence-corrected chi connectivity index (χ1v) is 9.94. The van der Waals surface area contributed by atoms with Crippen LogP contribution in [0.1, 0.15) is 27.9 Å². The average molecular weight is 458 g/mol. The largest absolute Gasteiger partial charge is 0.497 e. The number of halogens is 1. The molecule has 32 heavy (non-hydrogen) atoms. The molecule has 3 aromatic rings. The Morgan fingerprint density at radius 1 is 1.16 bits per heavy atom. The summed E-state index contributed by atoms with van der Waals surface area (Å²) >= 11 is 0. The number of hydrogen-bond donors (Lipinski definition) is 3. The van der Waals surface area contributed by atoms with Gasteiger partial charge in [-0.2, -0.15) is 0 Å². The van der Waals surface area contributed by atoms with Crippen molar-refractivity contribution in [3.63, 3.8) is 0 Å². The first-order chi connectivity index (χ1) is 14.9. The Kier molecular flexibility index (Phi) is 8.66. The summed E-state index contributed by atoms with van der Waals surface area (Å²) in [6, 6.07) is 12.9. The SMILES string of the molecule is COc1cccc(CNn2ccc(C)c(CC(=O)NCc3ccc(N)nc3C)c2=O)c1.Cl. The van der Waals surface area contributed by atoms with E-state index in [1.165, 1.54) is 4.68 Å². The van der Waals surface area contributed by atoms with E-state index in [0.717, 1.165) is 28.1 Å². The minimum absolute atomic E-state index is 0. The van der Waals surface area contributed by atoms with Gasteiger partial charge in [0, 0.05) is 24.0 Å². The van der Waals surface area contributed by atoms with Crippen molar-refractivity contribution < 1.29 is 9.53 Å². The Morgan fingerprint density at radius 3 is 2.66 bits per heavy atom. The maximum absolute atomic E-state index is 12.9. The third kappa shape index (κ3) is 6.24. The lowest BCUT2D eigenvalue weighted by molar-refractivity contribution is -0.120. The highest BCUT2D eigenvalue weighted by Crippen LogP contribution is 2.12. The first kappa shape index (κ1) is 24.7. The molecule has 0 aliphatic rings. The third-order valence-electron chi connectivity index (χ3n) is 5.04. The van der Waals surface area contributed by atoms with Gasteiger partial charge in [0.15, 0.2) is 0 Å². The lowest BCUT2D eigenvalue weighted by Gasteiger charge is -2.14. The van der Waals surface area contributed by atoms with Gasteiger partial charge >= 0.3 is 0 Å². The molecule has 170 valence electrons. The van der Waals surface area contributed by atoms with Gasteiger partial charge in [0.1, 0.15) is 11.6 Å². The predicted octanol–water partition coefficient (Wildman–Crippen LogP) is 2.48. The molecule has 3 rings (SSSR count). The van der Waals surface area contributed by atoms with Gasteiger partial charge in [-0.25, -0.2) is 9.66 Å². The summed E-state index contributed by atoms with van der Waals surface area (Å²) in [6.45, 7) is 4.43. The summed E-state index contributed by atoms with van der Waals surface area (Å²) in [5.74, 6) is 0.955. The Morgan fingerprint density at radius 2 is 1.94 bits per heavy atom. The fraction of sp³-hybridized carbons (Fsp3) is 0.261. The van der Waals surface area contributed by atoms with Crippen LogP contribution >= 0.6 is 12.4 Å². The molecule has 8 nitrogen and oxygen atoms in total. The van der Waals surface area contributed by atoms with Gasteiger partial charge in [-0.3, -0.25) is 9.59 Å². The highest BCUT2D eigenvalue weighted by Gasteiger charge is 2.13. The number of carbonyl (C=O) groups is 1. The normalized spacial score (nSPS) is 10.2. The number of pyridine rings is 2. The monoisotopic (exact) mass is 457 g/mol. The third-order valence-corrected chi connectivity index (χ3v) is 5.04. The molecule has 4 N–H and O–H groups in total. The summed E-state index contributed by atoms with van der Waals surface area (Å²) in [5, 5.41) is 2.85. The van der Waals surface area contributed by atoms with Gasteiger partial charge in [0.05, 0.1) is 20.1 Å². The zero-order valence-corrected chi connectivity index (χ0v) is 19.2. The van der Waals surface area contributed by atoms with E-state index in [9.17, 15) is 9.59 Å². The quantitative estimate of drug-likeness (QED) is 0.479. The van der Waals surface area contributed by atoms with Crippen molar-refractivity contribution in [1.29, 1.82) is 0 Å². The van der Waals surface area contributed by atoms with Crippen molar-refractivity contribution in [3.05, 3.63) is 87.0 Å². The summed E-state index contributed by atoms with van der Waals surface area (Å²) in [6.07, 6.45) is 1.66. The van der Waals surface area contributed by atoms with Crippen LogP contribution in [0.15, 0.2) is 53.5 Å². The van der Waals surface area contributed by atoms with Crippen LogP contribution in [0.4, 0.5) is 5.82 Å². The molecular weight excluding hydrogens is 430 g/mol. The number of ether oxygens (including phenoxy) is 1. The van der Waals surface area contributed by atoms with Gasteiger partial charge in [-0.15, -0.1) is 12.4 Å². The number of carbonyl (C=O) groups excluding carboxylic acids is 1. The van der Waals surface area contributed by atoms with Crippen molar-refractivity contribution >= 4 is 24.1 Å². The molecule has 1 aromatic carbocycles. The second-order valence-electron chi connectivity index (χ2n) is 7.27. The summed E-state index contributed by atoms with van der Waals surface area (Å²) in [5.41, 5.74) is 12.3. The number of anilines is 1. The number of nitrogens with two attached hydrogens (primary N) is 1. The summed E-state index contributed by atoms with van der Waals surface area (Å²) < 4.78 is 6.63. The van der Waals surface area contributed by atoms with Crippen LogP contribution in [0.2, 0.25) is 0 Å². The minimum Gasteiger partial charge on any atom is -0.497 e. The second-order valence-corrected chi connectivity index (χ2v) is 7.27. The molecule has 9 heteroatoms. The predicted molar refractivity (Wildman–Crippen MR) is 128 cm³/mol. The van der Waals surface area contributed by atoms with E-state index < -0.39 is 0 Å². The van der Waals surface area contributed by atoms with Gasteiger partial charge in [-0.1, -0.05) is 18.2 Å². The molecule has 0 radical (unpaired) electrons. The van der Waals surface area contributed by atoms with Crippen LogP contribution in [-0.4, -0.2) is 22.7 Å². The van der Waals surface area contributed by atoms with Crippen LogP contribution in [0.5, 0.6) is 5.75 Å². The van der Waals surface area contributed by atoms with E-state index in [1.54, 1.807) is 19.4 Å². The molecule has 1 amide bonds. The molecule has 2 aromatic heterocycles. The molecule has 0 bridgehead atoms. The standard InChI is InChI=1S/C23H27N5O3.ClH/c1-15-9-10-28(26-13-17-5-4-6-19(11-17)31-3)23(30)20(15)12-22(29)25-14-18-7-8-21(24)27-16(18)2;/h4-11,26H,12-14H2,1-3H3,(H2,24,27)(H,25,29);1H. The van der Waals surface area contributed by atoms with E-state index in [0.29, 0.717) is 24.5 Å². The zero-order valence-electron chi connectivity index (χ0n) is 18.3. The first-order valence-electron chi connectivity index (χ1n) is 9.94. The lowest BCUT2D eigenvalue weighted by Crippen LogP contribution is -2.34. The minimum atomic E-state index is -0.247. The van der Waals surface area contributed by atoms with Crippen LogP contribution in [0, 0.1) is 13.8 Å². The molecule has 0 saturated carbocycles. The number of rotatable bonds is 8. The molecule has 0 aliphatic carbocycles. The zero-order chi connectivity index (χ0) is 22.4. The summed E-state index contributed by atoms with van der Waals surface area (Å²) in [4.78, 5) is 29.6. The van der Waals surface area contributed by atoms with Gasteiger partial charge in [0.25, 0.3) is 5.56 Å². The van der Waals surface area contributed by atoms with E-state index in [2.05, 4.69) is 15.7 Å². The van der Waals surface area contributed by atoms with Crippen LogP contribution in [0.3, 0.4) is 0 Å². The molecule has 0 saturated heterocycles. The Labute approximate surface area is 193 Å². The van der Waals surface area contributed by atoms with Gasteiger partial charge < -0.3 is 21.2 Å². The molecule has 0 fully saturated rings. The van der Waals surface area contributed by atoms with Crippen molar-refractivity contribution in [3.8, 4) is 5.75 Å². The molecule has 0 unspecified atom stereocenters. The Hall–Kier alpha value is -3.52. The van der Waals surface area contributed by atoms with E-state index in [-0.39, 0.29) is 30.3 Å². The maximum Gasteiger partial charge on any atom is 0.272 e. The number of nitrogens with zero attached hydrogens (tertiary/aromatic N) is 2. The number of benzene rings is 1. The van der Waals surface area contributed by atoms with Crippen molar-refractivity contribution in [2.75, 3.05) is 18.3 Å². The number of aryl methyl sites for hydroxylation is 2. The Balaban J connectivity index is 0.00000363. The number of amides is 1. The maximum atomic E-state index is 12.9. The Bertz CT molecular complexity index is 1150. The van der Waals surface area contributed by atoms with E-state index in [4.69, 9.17) is 10.5 Å². The lowest BCUT2D eigenvalue weighted by atomic mass is 10.1. The topological polar surface area (TPSA) is 111 Å².